The van der Waals surface area contributed by atoms with Gasteiger partial charge in [0.15, 0.2) is 0 Å². The van der Waals surface area contributed by atoms with E-state index in [1.54, 1.807) is 0 Å². The van der Waals surface area contributed by atoms with Crippen molar-refractivity contribution in [2.75, 3.05) is 13.1 Å². The molecule has 1 fully saturated rings. The summed E-state index contributed by atoms with van der Waals surface area (Å²) in [4.78, 5) is 19.9. The molecule has 1 aliphatic heterocycles. The lowest BCUT2D eigenvalue weighted by Crippen LogP contribution is -2.40. The first kappa shape index (κ1) is 17.0. The molecule has 0 saturated carbocycles. The molecule has 0 N–H and O–H groups in total. The first-order valence-corrected chi connectivity index (χ1v) is 9.80. The van der Waals surface area contributed by atoms with E-state index in [9.17, 15) is 4.79 Å². The average molecular weight is 367 g/mol. The van der Waals surface area contributed by atoms with Crippen LogP contribution >= 0.6 is 11.3 Å². The summed E-state index contributed by atoms with van der Waals surface area (Å²) < 4.78 is 5.48. The molecule has 0 bridgehead atoms. The second kappa shape index (κ2) is 7.41. The number of amides is 1. The normalized spacial score (nSPS) is 17.4. The summed E-state index contributed by atoms with van der Waals surface area (Å²) in [5.41, 5.74) is 2.13. The van der Waals surface area contributed by atoms with Gasteiger partial charge in [-0.2, -0.15) is 4.98 Å². The van der Waals surface area contributed by atoms with Crippen LogP contribution in [0.1, 0.15) is 34.0 Å². The average Bonchev–Trinajstić information content (AvgIpc) is 3.34. The first-order valence-electron chi connectivity index (χ1n) is 8.92. The molecule has 4 rings (SSSR count). The van der Waals surface area contributed by atoms with Gasteiger partial charge in [-0.3, -0.25) is 4.79 Å². The lowest BCUT2D eigenvalue weighted by Gasteiger charge is -2.31. The third kappa shape index (κ3) is 3.55. The van der Waals surface area contributed by atoms with Gasteiger partial charge in [-0.15, -0.1) is 11.3 Å². The molecule has 1 unspecified atom stereocenters. The van der Waals surface area contributed by atoms with Crippen LogP contribution in [0.25, 0.3) is 11.4 Å². The lowest BCUT2D eigenvalue weighted by atomic mass is 9.94. The number of hydrogen-bond acceptors (Lipinski definition) is 5. The number of nitrogens with zero attached hydrogens (tertiary/aromatic N) is 3. The predicted octanol–water partition coefficient (Wildman–Crippen LogP) is 4.20. The van der Waals surface area contributed by atoms with Crippen molar-refractivity contribution < 1.29 is 9.32 Å². The van der Waals surface area contributed by atoms with E-state index < -0.39 is 0 Å². The maximum atomic E-state index is 12.6. The zero-order valence-corrected chi connectivity index (χ0v) is 15.5. The molecule has 134 valence electrons. The number of carbonyl (C=O) groups is 1. The van der Waals surface area contributed by atoms with E-state index in [2.05, 4.69) is 10.1 Å². The van der Waals surface area contributed by atoms with Crippen molar-refractivity contribution >= 4 is 17.2 Å². The molecular formula is C20H21N3O2S. The second-order valence-corrected chi connectivity index (χ2v) is 7.72. The molecule has 1 atom stereocenters. The minimum Gasteiger partial charge on any atom is -0.339 e. The maximum absolute atomic E-state index is 12.6. The van der Waals surface area contributed by atoms with Crippen molar-refractivity contribution in [2.45, 2.75) is 26.2 Å². The molecule has 0 radical (unpaired) electrons. The van der Waals surface area contributed by atoms with Gasteiger partial charge in [0, 0.05) is 25.1 Å². The van der Waals surface area contributed by atoms with Gasteiger partial charge in [0.1, 0.15) is 0 Å². The van der Waals surface area contributed by atoms with Gasteiger partial charge < -0.3 is 9.42 Å². The van der Waals surface area contributed by atoms with Crippen LogP contribution < -0.4 is 0 Å². The summed E-state index contributed by atoms with van der Waals surface area (Å²) in [5.74, 6) is 1.78. The Labute approximate surface area is 156 Å². The molecule has 26 heavy (non-hydrogen) atoms. The van der Waals surface area contributed by atoms with E-state index in [0.717, 1.165) is 41.9 Å². The van der Waals surface area contributed by atoms with E-state index in [1.165, 1.54) is 11.3 Å². The maximum Gasteiger partial charge on any atom is 0.263 e. The Hall–Kier alpha value is -2.47. The summed E-state index contributed by atoms with van der Waals surface area (Å²) in [6.07, 6.45) is 2.81. The Kier molecular flexibility index (Phi) is 4.84. The highest BCUT2D eigenvalue weighted by Crippen LogP contribution is 2.25. The van der Waals surface area contributed by atoms with Gasteiger partial charge >= 0.3 is 0 Å². The van der Waals surface area contributed by atoms with Crippen LogP contribution in [0.3, 0.4) is 0 Å². The standard InChI is InChI=1S/C20H21N3O2S/c1-14-6-2-3-8-16(14)19-21-18(25-22-19)12-15-7-4-10-23(13-15)20(24)17-9-5-11-26-17/h2-3,5-6,8-9,11,15H,4,7,10,12-13H2,1H3. The van der Waals surface area contributed by atoms with E-state index in [-0.39, 0.29) is 5.91 Å². The highest BCUT2D eigenvalue weighted by atomic mass is 32.1. The molecule has 3 heterocycles. The molecule has 1 aliphatic rings. The first-order chi connectivity index (χ1) is 12.7. The van der Waals surface area contributed by atoms with Crippen molar-refractivity contribution in [3.05, 3.63) is 58.1 Å². The summed E-state index contributed by atoms with van der Waals surface area (Å²) in [7, 11) is 0. The zero-order valence-electron chi connectivity index (χ0n) is 14.7. The molecule has 1 aromatic carbocycles. The van der Waals surface area contributed by atoms with E-state index in [1.807, 2.05) is 53.6 Å². The van der Waals surface area contributed by atoms with Crippen molar-refractivity contribution in [1.29, 1.82) is 0 Å². The van der Waals surface area contributed by atoms with Crippen LogP contribution in [0.4, 0.5) is 0 Å². The number of benzene rings is 1. The van der Waals surface area contributed by atoms with Gasteiger partial charge in [-0.25, -0.2) is 0 Å². The van der Waals surface area contributed by atoms with Crippen LogP contribution in [-0.4, -0.2) is 34.0 Å². The topological polar surface area (TPSA) is 59.2 Å². The quantitative estimate of drug-likeness (QED) is 0.693. The minimum absolute atomic E-state index is 0.135. The lowest BCUT2D eigenvalue weighted by molar-refractivity contribution is 0.0673. The number of rotatable bonds is 4. The van der Waals surface area contributed by atoms with Crippen molar-refractivity contribution in [3.8, 4) is 11.4 Å². The number of aromatic nitrogens is 2. The van der Waals surface area contributed by atoms with Crippen molar-refractivity contribution in [3.63, 3.8) is 0 Å². The molecular weight excluding hydrogens is 346 g/mol. The number of carbonyl (C=O) groups excluding carboxylic acids is 1. The Morgan fingerprint density at radius 1 is 1.31 bits per heavy atom. The van der Waals surface area contributed by atoms with Gasteiger partial charge in [0.25, 0.3) is 5.91 Å². The monoisotopic (exact) mass is 367 g/mol. The second-order valence-electron chi connectivity index (χ2n) is 6.77. The van der Waals surface area contributed by atoms with Gasteiger partial charge in [-0.05, 0) is 42.7 Å². The van der Waals surface area contributed by atoms with Gasteiger partial charge in [0.2, 0.25) is 11.7 Å². The number of piperidine rings is 1. The highest BCUT2D eigenvalue weighted by molar-refractivity contribution is 7.12. The smallest absolute Gasteiger partial charge is 0.263 e. The molecule has 1 saturated heterocycles. The minimum atomic E-state index is 0.135. The Balaban J connectivity index is 1.43. The van der Waals surface area contributed by atoms with E-state index in [4.69, 9.17) is 4.52 Å². The predicted molar refractivity (Wildman–Crippen MR) is 101 cm³/mol. The Bertz CT molecular complexity index is 888. The van der Waals surface area contributed by atoms with Crippen LogP contribution in [0.15, 0.2) is 46.3 Å². The molecule has 5 nitrogen and oxygen atoms in total. The number of likely N-dealkylation sites (tertiary alicyclic amines) is 1. The van der Waals surface area contributed by atoms with Crippen LogP contribution in [-0.2, 0) is 6.42 Å². The van der Waals surface area contributed by atoms with E-state index in [0.29, 0.717) is 24.1 Å². The molecule has 0 aliphatic carbocycles. The van der Waals surface area contributed by atoms with E-state index >= 15 is 0 Å². The number of thiophene rings is 1. The number of hydrogen-bond donors (Lipinski definition) is 0. The van der Waals surface area contributed by atoms with Gasteiger partial charge in [0.05, 0.1) is 4.88 Å². The van der Waals surface area contributed by atoms with Crippen molar-refractivity contribution in [1.82, 2.24) is 15.0 Å². The fraction of sp³-hybridized carbons (Fsp3) is 0.350. The molecule has 0 spiro atoms. The van der Waals surface area contributed by atoms with Crippen LogP contribution in [0, 0.1) is 12.8 Å². The van der Waals surface area contributed by atoms with Crippen molar-refractivity contribution in [2.24, 2.45) is 5.92 Å². The highest BCUT2D eigenvalue weighted by Gasteiger charge is 2.26. The number of aryl methyl sites for hydroxylation is 1. The molecule has 1 amide bonds. The third-order valence-electron chi connectivity index (χ3n) is 4.86. The summed E-state index contributed by atoms with van der Waals surface area (Å²) >= 11 is 1.50. The van der Waals surface area contributed by atoms with Crippen LogP contribution in [0.2, 0.25) is 0 Å². The Morgan fingerprint density at radius 3 is 3.00 bits per heavy atom. The molecule has 2 aromatic heterocycles. The van der Waals surface area contributed by atoms with Crippen LogP contribution in [0.5, 0.6) is 0 Å². The molecule has 6 heteroatoms. The fourth-order valence-electron chi connectivity index (χ4n) is 3.49. The summed E-state index contributed by atoms with van der Waals surface area (Å²) in [6, 6.07) is 11.8. The largest absolute Gasteiger partial charge is 0.339 e. The van der Waals surface area contributed by atoms with Gasteiger partial charge in [-0.1, -0.05) is 35.5 Å². The summed E-state index contributed by atoms with van der Waals surface area (Å²) in [5, 5.41) is 6.09. The fourth-order valence-corrected chi connectivity index (χ4v) is 4.18. The third-order valence-corrected chi connectivity index (χ3v) is 5.71. The zero-order chi connectivity index (χ0) is 17.9. The molecule has 3 aromatic rings. The summed E-state index contributed by atoms with van der Waals surface area (Å²) in [6.45, 7) is 3.62. The Morgan fingerprint density at radius 2 is 2.19 bits per heavy atom. The SMILES string of the molecule is Cc1ccccc1-c1noc(CC2CCCN(C(=O)c3cccs3)C2)n1.